The SMILES string of the molecule is CCCOc1ccc(/C(O)=C2\C(=O)C(=O)N(c3nc4ccc(OC)cc4s3)C2c2ccc(Cl)cc2)cc1. The van der Waals surface area contributed by atoms with Crippen LogP contribution in [0.3, 0.4) is 0 Å². The lowest BCUT2D eigenvalue weighted by Crippen LogP contribution is -2.29. The number of carbonyl (C=O) groups is 2. The molecule has 1 aliphatic rings. The van der Waals surface area contributed by atoms with Gasteiger partial charge in [-0.25, -0.2) is 4.98 Å². The summed E-state index contributed by atoms with van der Waals surface area (Å²) in [5.74, 6) is -0.523. The third-order valence-corrected chi connectivity index (χ3v) is 7.29. The van der Waals surface area contributed by atoms with Gasteiger partial charge in [0.1, 0.15) is 17.3 Å². The fourth-order valence-corrected chi connectivity index (χ4v) is 5.34. The summed E-state index contributed by atoms with van der Waals surface area (Å²) in [6.07, 6.45) is 0.866. The Kier molecular flexibility index (Phi) is 6.86. The summed E-state index contributed by atoms with van der Waals surface area (Å²) in [7, 11) is 1.57. The predicted octanol–water partition coefficient (Wildman–Crippen LogP) is 6.37. The molecule has 3 aromatic carbocycles. The number of nitrogens with zero attached hydrogens (tertiary/aromatic N) is 2. The summed E-state index contributed by atoms with van der Waals surface area (Å²) < 4.78 is 11.7. The second-order valence-electron chi connectivity index (χ2n) is 8.42. The Bertz CT molecular complexity index is 1510. The van der Waals surface area contributed by atoms with Crippen molar-refractivity contribution < 1.29 is 24.2 Å². The average molecular weight is 535 g/mol. The summed E-state index contributed by atoms with van der Waals surface area (Å²) >= 11 is 7.38. The van der Waals surface area contributed by atoms with Crippen molar-refractivity contribution in [3.05, 3.63) is 88.5 Å². The van der Waals surface area contributed by atoms with E-state index in [4.69, 9.17) is 21.1 Å². The number of thiazole rings is 1. The van der Waals surface area contributed by atoms with Crippen LogP contribution >= 0.6 is 22.9 Å². The number of fused-ring (bicyclic) bond motifs is 1. The number of methoxy groups -OCH3 is 1. The zero-order valence-corrected chi connectivity index (χ0v) is 21.7. The van der Waals surface area contributed by atoms with E-state index in [1.54, 1.807) is 67.8 Å². The first-order valence-corrected chi connectivity index (χ1v) is 12.8. The standard InChI is InChI=1S/C28H23ClN2O5S/c1-3-14-36-19-10-6-17(7-11-19)25(32)23-24(16-4-8-18(29)9-5-16)31(27(34)26(23)33)28-30-21-13-12-20(35-2)15-22(21)37-28/h4-13,15,24,32H,3,14H2,1-2H3/b25-23+. The van der Waals surface area contributed by atoms with Gasteiger partial charge >= 0.3 is 5.91 Å². The molecule has 1 atom stereocenters. The van der Waals surface area contributed by atoms with E-state index in [0.717, 1.165) is 11.1 Å². The molecular weight excluding hydrogens is 512 g/mol. The van der Waals surface area contributed by atoms with Crippen LogP contribution in [0.2, 0.25) is 5.02 Å². The Hall–Kier alpha value is -3.88. The van der Waals surface area contributed by atoms with Crippen molar-refractivity contribution in [2.75, 3.05) is 18.6 Å². The molecule has 2 heterocycles. The molecule has 5 rings (SSSR count). The highest BCUT2D eigenvalue weighted by Gasteiger charge is 2.48. The van der Waals surface area contributed by atoms with Crippen LogP contribution in [0.5, 0.6) is 11.5 Å². The number of aliphatic hydroxyl groups is 1. The summed E-state index contributed by atoms with van der Waals surface area (Å²) in [6, 6.07) is 18.1. The molecule has 188 valence electrons. The Balaban J connectivity index is 1.64. The number of carbonyl (C=O) groups excluding carboxylic acids is 2. The lowest BCUT2D eigenvalue weighted by atomic mass is 9.95. The van der Waals surface area contributed by atoms with E-state index in [-0.39, 0.29) is 11.3 Å². The van der Waals surface area contributed by atoms with Crippen molar-refractivity contribution in [1.29, 1.82) is 0 Å². The van der Waals surface area contributed by atoms with Crippen LogP contribution in [0.25, 0.3) is 16.0 Å². The van der Waals surface area contributed by atoms with Crippen molar-refractivity contribution in [2.45, 2.75) is 19.4 Å². The number of halogens is 1. The van der Waals surface area contributed by atoms with Crippen LogP contribution in [0.4, 0.5) is 5.13 Å². The number of aliphatic hydroxyl groups excluding tert-OH is 1. The molecule has 1 fully saturated rings. The minimum absolute atomic E-state index is 0.0219. The Labute approximate surface area is 222 Å². The smallest absolute Gasteiger partial charge is 0.301 e. The number of rotatable bonds is 7. The normalized spacial score (nSPS) is 16.9. The topological polar surface area (TPSA) is 89.0 Å². The van der Waals surface area contributed by atoms with Gasteiger partial charge in [0.05, 0.1) is 35.5 Å². The number of Topliss-reactive ketones (excluding diaryl/α,β-unsaturated/α-hetero) is 1. The molecule has 37 heavy (non-hydrogen) atoms. The maximum absolute atomic E-state index is 13.4. The Morgan fingerprint density at radius 2 is 1.76 bits per heavy atom. The predicted molar refractivity (Wildman–Crippen MR) is 145 cm³/mol. The number of benzene rings is 3. The van der Waals surface area contributed by atoms with Crippen molar-refractivity contribution in [3.8, 4) is 11.5 Å². The maximum atomic E-state index is 13.4. The first kappa shape index (κ1) is 24.8. The van der Waals surface area contributed by atoms with Gasteiger partial charge in [-0.15, -0.1) is 0 Å². The van der Waals surface area contributed by atoms with Crippen LogP contribution < -0.4 is 14.4 Å². The van der Waals surface area contributed by atoms with Crippen LogP contribution in [0.1, 0.15) is 30.5 Å². The molecule has 0 radical (unpaired) electrons. The number of hydrogen-bond donors (Lipinski definition) is 1. The van der Waals surface area contributed by atoms with Gasteiger partial charge in [-0.2, -0.15) is 0 Å². The van der Waals surface area contributed by atoms with Crippen molar-refractivity contribution in [1.82, 2.24) is 4.98 Å². The summed E-state index contributed by atoms with van der Waals surface area (Å²) in [4.78, 5) is 32.7. The van der Waals surface area contributed by atoms with Crippen LogP contribution in [-0.4, -0.2) is 35.5 Å². The lowest BCUT2D eigenvalue weighted by molar-refractivity contribution is -0.132. The zero-order valence-electron chi connectivity index (χ0n) is 20.1. The van der Waals surface area contributed by atoms with E-state index in [1.807, 2.05) is 13.0 Å². The van der Waals surface area contributed by atoms with Crippen molar-refractivity contribution in [2.24, 2.45) is 0 Å². The van der Waals surface area contributed by atoms with Gasteiger partial charge in [0.15, 0.2) is 5.13 Å². The van der Waals surface area contributed by atoms with E-state index in [9.17, 15) is 14.7 Å². The highest BCUT2D eigenvalue weighted by molar-refractivity contribution is 7.22. The maximum Gasteiger partial charge on any atom is 0.301 e. The molecular formula is C28H23ClN2O5S. The Morgan fingerprint density at radius 3 is 2.43 bits per heavy atom. The highest BCUT2D eigenvalue weighted by atomic mass is 35.5. The van der Waals surface area contributed by atoms with Crippen molar-refractivity contribution in [3.63, 3.8) is 0 Å². The molecule has 1 unspecified atom stereocenters. The van der Waals surface area contributed by atoms with E-state index < -0.39 is 17.7 Å². The van der Waals surface area contributed by atoms with Crippen molar-refractivity contribution >= 4 is 55.7 Å². The minimum atomic E-state index is -0.893. The fourth-order valence-electron chi connectivity index (χ4n) is 4.20. The molecule has 0 bridgehead atoms. The number of aromatic nitrogens is 1. The molecule has 1 saturated heterocycles. The van der Waals surface area contributed by atoms with Crippen LogP contribution in [0, 0.1) is 0 Å². The summed E-state index contributed by atoms with van der Waals surface area (Å²) in [5.41, 5.74) is 1.66. The van der Waals surface area contributed by atoms with Crippen LogP contribution in [0.15, 0.2) is 72.3 Å². The molecule has 0 aliphatic carbocycles. The number of amides is 1. The van der Waals surface area contributed by atoms with Gasteiger partial charge < -0.3 is 14.6 Å². The van der Waals surface area contributed by atoms with Crippen LogP contribution in [-0.2, 0) is 9.59 Å². The zero-order chi connectivity index (χ0) is 26.1. The molecule has 0 spiro atoms. The second-order valence-corrected chi connectivity index (χ2v) is 9.87. The minimum Gasteiger partial charge on any atom is -0.507 e. The number of anilines is 1. The van der Waals surface area contributed by atoms with E-state index in [2.05, 4.69) is 4.98 Å². The largest absolute Gasteiger partial charge is 0.507 e. The second kappa shape index (κ2) is 10.2. The van der Waals surface area contributed by atoms with Gasteiger partial charge in [0, 0.05) is 10.6 Å². The number of ether oxygens (including phenoxy) is 2. The van der Waals surface area contributed by atoms with E-state index in [1.165, 1.54) is 16.2 Å². The molecule has 1 amide bonds. The summed E-state index contributed by atoms with van der Waals surface area (Å²) in [5, 5.41) is 12.2. The molecule has 4 aromatic rings. The highest BCUT2D eigenvalue weighted by Crippen LogP contribution is 2.44. The molecule has 7 nitrogen and oxygen atoms in total. The van der Waals surface area contributed by atoms with Gasteiger partial charge in [-0.3, -0.25) is 14.5 Å². The molecule has 1 N–H and O–H groups in total. The number of hydrogen-bond acceptors (Lipinski definition) is 7. The van der Waals surface area contributed by atoms with Gasteiger partial charge in [-0.05, 0) is 66.6 Å². The van der Waals surface area contributed by atoms with Gasteiger partial charge in [0.2, 0.25) is 0 Å². The van der Waals surface area contributed by atoms with E-state index in [0.29, 0.717) is 44.9 Å². The third-order valence-electron chi connectivity index (χ3n) is 6.02. The van der Waals surface area contributed by atoms with Gasteiger partial charge in [0.25, 0.3) is 5.78 Å². The lowest BCUT2D eigenvalue weighted by Gasteiger charge is -2.23. The Morgan fingerprint density at radius 1 is 1.05 bits per heavy atom. The molecule has 0 saturated carbocycles. The first-order chi connectivity index (χ1) is 17.9. The van der Waals surface area contributed by atoms with E-state index >= 15 is 0 Å². The molecule has 9 heteroatoms. The van der Waals surface area contributed by atoms with Gasteiger partial charge in [-0.1, -0.05) is 42.0 Å². The third kappa shape index (κ3) is 4.65. The summed E-state index contributed by atoms with van der Waals surface area (Å²) in [6.45, 7) is 2.58. The number of ketones is 1. The monoisotopic (exact) mass is 534 g/mol. The fraction of sp³-hybridized carbons (Fsp3) is 0.179. The quantitative estimate of drug-likeness (QED) is 0.168. The first-order valence-electron chi connectivity index (χ1n) is 11.7. The molecule has 1 aromatic heterocycles. The average Bonchev–Trinajstić information content (AvgIpc) is 3.45. The molecule has 1 aliphatic heterocycles.